The fraction of sp³-hybridized carbons (Fsp3) is 0.417. The van der Waals surface area contributed by atoms with E-state index in [1.807, 2.05) is 29.2 Å². The van der Waals surface area contributed by atoms with E-state index in [4.69, 9.17) is 0 Å². The second-order valence-corrected chi connectivity index (χ2v) is 23.9. The monoisotopic (exact) mass is 513 g/mol. The van der Waals surface area contributed by atoms with Crippen molar-refractivity contribution in [3.63, 3.8) is 0 Å². The van der Waals surface area contributed by atoms with Crippen molar-refractivity contribution in [3.05, 3.63) is 65.2 Å². The number of amides is 2. The number of piperazine rings is 1. The number of hydrogen-bond donors (Lipinski definition) is 0. The summed E-state index contributed by atoms with van der Waals surface area (Å²) in [5, 5.41) is 0. The molecule has 2 aliphatic rings. The van der Waals surface area contributed by atoms with Gasteiger partial charge in [-0.2, -0.15) is 0 Å². The molecule has 30 heavy (non-hydrogen) atoms. The van der Waals surface area contributed by atoms with Crippen molar-refractivity contribution in [1.29, 1.82) is 0 Å². The quantitative estimate of drug-likeness (QED) is 0.579. The van der Waals surface area contributed by atoms with E-state index in [2.05, 4.69) is 44.0 Å². The molecule has 2 amide bonds. The van der Waals surface area contributed by atoms with Crippen LogP contribution < -0.4 is 3.58 Å². The van der Waals surface area contributed by atoms with Crippen LogP contribution in [0.2, 0.25) is 14.8 Å². The summed E-state index contributed by atoms with van der Waals surface area (Å²) in [4.78, 5) is 38.6. The van der Waals surface area contributed by atoms with Crippen LogP contribution in [0.15, 0.2) is 48.5 Å². The molecule has 158 valence electrons. The van der Waals surface area contributed by atoms with Crippen LogP contribution in [-0.4, -0.2) is 77.6 Å². The molecule has 0 aliphatic carbocycles. The molecule has 0 unspecified atom stereocenters. The second kappa shape index (κ2) is 8.71. The van der Waals surface area contributed by atoms with Crippen molar-refractivity contribution in [1.82, 2.24) is 14.7 Å². The fourth-order valence-electron chi connectivity index (χ4n) is 4.23. The van der Waals surface area contributed by atoms with E-state index >= 15 is 0 Å². The molecule has 1 fully saturated rings. The Bertz CT molecular complexity index is 928. The zero-order chi connectivity index (χ0) is 21.3. The number of nitrogens with zero attached hydrogens (tertiary/aromatic N) is 3. The van der Waals surface area contributed by atoms with Crippen LogP contribution in [0, 0.1) is 0 Å². The Morgan fingerprint density at radius 2 is 1.60 bits per heavy atom. The Morgan fingerprint density at radius 3 is 2.23 bits per heavy atom. The van der Waals surface area contributed by atoms with Gasteiger partial charge < -0.3 is 0 Å². The van der Waals surface area contributed by atoms with Crippen molar-refractivity contribution < 1.29 is 9.59 Å². The molecule has 0 N–H and O–H groups in total. The zero-order valence-corrected chi connectivity index (χ0v) is 21.1. The average molecular weight is 512 g/mol. The molecule has 5 nitrogen and oxygen atoms in total. The average Bonchev–Trinajstić information content (AvgIpc) is 3.04. The third kappa shape index (κ3) is 4.72. The molecule has 0 atom stereocenters. The number of benzene rings is 2. The molecule has 6 heteroatoms. The Kier molecular flexibility index (Phi) is 6.21. The normalized spacial score (nSPS) is 17.4. The van der Waals surface area contributed by atoms with Gasteiger partial charge in [-0.25, -0.2) is 0 Å². The molecule has 1 saturated heterocycles. The summed E-state index contributed by atoms with van der Waals surface area (Å²) in [6.45, 7) is 4.85. The molecule has 0 spiro atoms. The van der Waals surface area contributed by atoms with Gasteiger partial charge >= 0.3 is 131 Å². The predicted molar refractivity (Wildman–Crippen MR) is 122 cm³/mol. The van der Waals surface area contributed by atoms with E-state index in [0.717, 1.165) is 43.9 Å². The molecule has 4 rings (SSSR count). The molecular weight excluding hydrogens is 481 g/mol. The second-order valence-electron chi connectivity index (χ2n) is 9.42. The third-order valence-electron chi connectivity index (χ3n) is 6.17. The minimum atomic E-state index is -1.99. The van der Waals surface area contributed by atoms with E-state index in [1.54, 1.807) is 8.48 Å². The van der Waals surface area contributed by atoms with Crippen molar-refractivity contribution in [2.45, 2.75) is 27.9 Å². The van der Waals surface area contributed by atoms with Crippen LogP contribution in [0.4, 0.5) is 0 Å². The first-order valence-corrected chi connectivity index (χ1v) is 20.8. The first-order chi connectivity index (χ1) is 14.3. The Hall–Kier alpha value is -1.86. The summed E-state index contributed by atoms with van der Waals surface area (Å²) in [5.41, 5.74) is 3.09. The summed E-state index contributed by atoms with van der Waals surface area (Å²) in [5.74, 6) is 0.0266. The van der Waals surface area contributed by atoms with E-state index in [9.17, 15) is 9.59 Å². The van der Waals surface area contributed by atoms with Gasteiger partial charge in [0.25, 0.3) is 5.91 Å². The van der Waals surface area contributed by atoms with Crippen LogP contribution in [0.25, 0.3) is 0 Å². The third-order valence-corrected chi connectivity index (χ3v) is 12.1. The summed E-state index contributed by atoms with van der Waals surface area (Å²) >= 11 is -1.99. The van der Waals surface area contributed by atoms with Gasteiger partial charge in [0.2, 0.25) is 0 Å². The van der Waals surface area contributed by atoms with Gasteiger partial charge in [0, 0.05) is 12.1 Å². The van der Waals surface area contributed by atoms with Crippen molar-refractivity contribution in [3.8, 4) is 0 Å². The van der Waals surface area contributed by atoms with Gasteiger partial charge in [0.15, 0.2) is 0 Å². The summed E-state index contributed by atoms with van der Waals surface area (Å²) in [6, 6.07) is 16.8. The van der Waals surface area contributed by atoms with Crippen LogP contribution >= 0.6 is 0 Å². The van der Waals surface area contributed by atoms with Crippen molar-refractivity contribution in [2.24, 2.45) is 0 Å². The summed E-state index contributed by atoms with van der Waals surface area (Å²) in [7, 11) is 0. The van der Waals surface area contributed by atoms with Gasteiger partial charge in [0.05, 0.1) is 0 Å². The van der Waals surface area contributed by atoms with Crippen LogP contribution in [0.1, 0.15) is 21.5 Å². The van der Waals surface area contributed by atoms with E-state index in [-0.39, 0.29) is 18.4 Å². The Balaban J connectivity index is 1.26. The van der Waals surface area contributed by atoms with Gasteiger partial charge in [-0.15, -0.1) is 0 Å². The maximum atomic E-state index is 12.8. The van der Waals surface area contributed by atoms with Gasteiger partial charge in [-0.05, 0) is 11.6 Å². The Labute approximate surface area is 183 Å². The molecular formula is C24H31N3O2Sn. The van der Waals surface area contributed by atoms with Crippen molar-refractivity contribution in [2.75, 3.05) is 32.7 Å². The fourth-order valence-corrected chi connectivity index (χ4v) is 7.56. The summed E-state index contributed by atoms with van der Waals surface area (Å²) < 4.78 is 1.56. The van der Waals surface area contributed by atoms with E-state index in [1.165, 1.54) is 5.56 Å². The topological polar surface area (TPSA) is 43.9 Å². The van der Waals surface area contributed by atoms with Gasteiger partial charge in [-0.1, -0.05) is 18.2 Å². The molecule has 0 saturated carbocycles. The van der Waals surface area contributed by atoms with E-state index in [0.29, 0.717) is 6.54 Å². The SMILES string of the molecule is [CH3][Sn]([CH3])([CH3])[c]1ccc(CN2CCN(C(=O)CN3Cc4ccccc4C3=O)CC2)cc1. The molecule has 2 aromatic carbocycles. The Morgan fingerprint density at radius 1 is 0.933 bits per heavy atom. The molecule has 2 aromatic rings. The van der Waals surface area contributed by atoms with Crippen LogP contribution in [0.5, 0.6) is 0 Å². The standard InChI is InChI=1S/C21H22N3O2.3CH3.Sn/c25-20(16-24-15-18-8-4-5-9-19(18)21(24)26)23-12-10-22(11-13-23)14-17-6-2-1-3-7-17;;;;/h2-9H,10-16H2;3*1H3;. The number of carbonyl (C=O) groups excluding carboxylic acids is 2. The first-order valence-electron chi connectivity index (χ1n) is 10.8. The number of hydrogen-bond acceptors (Lipinski definition) is 3. The molecule has 0 bridgehead atoms. The first kappa shape index (κ1) is 21.4. The minimum absolute atomic E-state index is 0.0269. The predicted octanol–water partition coefficient (Wildman–Crippen LogP) is 2.53. The maximum absolute atomic E-state index is 12.8. The van der Waals surface area contributed by atoms with E-state index < -0.39 is 18.4 Å². The molecule has 0 aromatic heterocycles. The molecule has 0 radical (unpaired) electrons. The summed E-state index contributed by atoms with van der Waals surface area (Å²) in [6.07, 6.45) is 0. The molecule has 2 aliphatic heterocycles. The van der Waals surface area contributed by atoms with Crippen LogP contribution in [0.3, 0.4) is 0 Å². The number of carbonyl (C=O) groups is 2. The zero-order valence-electron chi connectivity index (χ0n) is 18.2. The molecule has 2 heterocycles. The van der Waals surface area contributed by atoms with Gasteiger partial charge in [-0.3, -0.25) is 4.79 Å². The van der Waals surface area contributed by atoms with Crippen LogP contribution in [-0.2, 0) is 17.9 Å². The van der Waals surface area contributed by atoms with Crippen molar-refractivity contribution >= 4 is 33.8 Å². The number of rotatable bonds is 5. The van der Waals surface area contributed by atoms with Gasteiger partial charge in [0.1, 0.15) is 0 Å². The number of fused-ring (bicyclic) bond motifs is 1.